The second kappa shape index (κ2) is 6.42. The number of hydrazine groups is 1. The third-order valence-electron chi connectivity index (χ3n) is 2.32. The average molecular weight is 224 g/mol. The van der Waals surface area contributed by atoms with Crippen LogP contribution >= 0.6 is 0 Å². The molecule has 1 aromatic heterocycles. The Bertz CT molecular complexity index is 317. The van der Waals surface area contributed by atoms with E-state index < -0.39 is 0 Å². The van der Waals surface area contributed by atoms with E-state index in [-0.39, 0.29) is 6.10 Å². The number of aromatic nitrogens is 1. The van der Waals surface area contributed by atoms with Crippen molar-refractivity contribution in [2.45, 2.75) is 26.0 Å². The summed E-state index contributed by atoms with van der Waals surface area (Å²) in [5, 5.41) is 9.18. The summed E-state index contributed by atoms with van der Waals surface area (Å²) in [6, 6.07) is 5.69. The van der Waals surface area contributed by atoms with Crippen molar-refractivity contribution in [2.75, 3.05) is 19.0 Å². The zero-order chi connectivity index (χ0) is 12.0. The van der Waals surface area contributed by atoms with Gasteiger partial charge < -0.3 is 15.4 Å². The molecule has 90 valence electrons. The Labute approximate surface area is 96.3 Å². The minimum Gasteiger partial charge on any atom is -0.393 e. The normalized spacial score (nSPS) is 12.8. The van der Waals surface area contributed by atoms with Crippen LogP contribution in [0.5, 0.6) is 0 Å². The Morgan fingerprint density at radius 1 is 1.56 bits per heavy atom. The maximum atomic E-state index is 9.18. The highest BCUT2D eigenvalue weighted by Crippen LogP contribution is 2.06. The van der Waals surface area contributed by atoms with E-state index in [2.05, 4.69) is 15.3 Å². The molecule has 0 aromatic carbocycles. The van der Waals surface area contributed by atoms with Crippen molar-refractivity contribution < 1.29 is 5.11 Å². The summed E-state index contributed by atoms with van der Waals surface area (Å²) >= 11 is 0. The Morgan fingerprint density at radius 2 is 2.31 bits per heavy atom. The van der Waals surface area contributed by atoms with Crippen LogP contribution in [0.2, 0.25) is 0 Å². The molecule has 0 bridgehead atoms. The van der Waals surface area contributed by atoms with Gasteiger partial charge in [-0.2, -0.15) is 0 Å². The molecule has 5 heteroatoms. The van der Waals surface area contributed by atoms with Crippen molar-refractivity contribution in [3.63, 3.8) is 0 Å². The highest BCUT2D eigenvalue weighted by Gasteiger charge is 2.04. The van der Waals surface area contributed by atoms with Crippen molar-refractivity contribution in [3.8, 4) is 0 Å². The van der Waals surface area contributed by atoms with Gasteiger partial charge in [0.25, 0.3) is 0 Å². The third-order valence-corrected chi connectivity index (χ3v) is 2.32. The summed E-state index contributed by atoms with van der Waals surface area (Å²) in [4.78, 5) is 6.44. The van der Waals surface area contributed by atoms with Gasteiger partial charge in [0.2, 0.25) is 0 Å². The standard InChI is InChI=1S/C11H20N4O/c1-9(16)6-7-15(2)8-10-4-3-5-11(13-10)14-12/h3-5,9,16H,6-8,12H2,1-2H3,(H,13,14). The average Bonchev–Trinajstić information content (AvgIpc) is 2.26. The maximum absolute atomic E-state index is 9.18. The van der Waals surface area contributed by atoms with Crippen LogP contribution in [0.15, 0.2) is 18.2 Å². The number of pyridine rings is 1. The number of aliphatic hydroxyl groups excluding tert-OH is 1. The topological polar surface area (TPSA) is 74.4 Å². The van der Waals surface area contributed by atoms with Gasteiger partial charge in [0.05, 0.1) is 11.8 Å². The monoisotopic (exact) mass is 224 g/mol. The van der Waals surface area contributed by atoms with Crippen molar-refractivity contribution in [1.29, 1.82) is 0 Å². The summed E-state index contributed by atoms with van der Waals surface area (Å²) in [7, 11) is 2.01. The van der Waals surface area contributed by atoms with E-state index in [1.807, 2.05) is 25.2 Å². The molecule has 1 rings (SSSR count). The van der Waals surface area contributed by atoms with E-state index in [0.717, 1.165) is 25.2 Å². The molecule has 1 unspecified atom stereocenters. The highest BCUT2D eigenvalue weighted by molar-refractivity contribution is 5.33. The first-order valence-electron chi connectivity index (χ1n) is 5.41. The number of rotatable bonds is 6. The van der Waals surface area contributed by atoms with Gasteiger partial charge in [-0.15, -0.1) is 0 Å². The molecule has 4 N–H and O–H groups in total. The van der Waals surface area contributed by atoms with Crippen LogP contribution in [-0.2, 0) is 6.54 Å². The molecule has 1 atom stereocenters. The number of nitrogens with one attached hydrogen (secondary N) is 1. The molecule has 0 aliphatic carbocycles. The first-order valence-corrected chi connectivity index (χ1v) is 5.41. The molecular formula is C11H20N4O. The van der Waals surface area contributed by atoms with E-state index in [9.17, 15) is 5.11 Å². The van der Waals surface area contributed by atoms with Crippen LogP contribution in [0, 0.1) is 0 Å². The van der Waals surface area contributed by atoms with Crippen LogP contribution in [0.4, 0.5) is 5.82 Å². The van der Waals surface area contributed by atoms with Gasteiger partial charge in [0.15, 0.2) is 0 Å². The fraction of sp³-hybridized carbons (Fsp3) is 0.545. The van der Waals surface area contributed by atoms with Gasteiger partial charge >= 0.3 is 0 Å². The molecule has 0 radical (unpaired) electrons. The lowest BCUT2D eigenvalue weighted by molar-refractivity contribution is 0.162. The number of aliphatic hydroxyl groups is 1. The van der Waals surface area contributed by atoms with Crippen molar-refractivity contribution in [3.05, 3.63) is 23.9 Å². The molecule has 0 saturated carbocycles. The van der Waals surface area contributed by atoms with Crippen LogP contribution in [0.25, 0.3) is 0 Å². The Morgan fingerprint density at radius 3 is 2.94 bits per heavy atom. The second-order valence-electron chi connectivity index (χ2n) is 4.03. The molecule has 16 heavy (non-hydrogen) atoms. The minimum absolute atomic E-state index is 0.257. The van der Waals surface area contributed by atoms with E-state index in [1.165, 1.54) is 0 Å². The van der Waals surface area contributed by atoms with E-state index in [1.54, 1.807) is 6.92 Å². The lowest BCUT2D eigenvalue weighted by atomic mass is 10.2. The van der Waals surface area contributed by atoms with E-state index in [4.69, 9.17) is 5.84 Å². The fourth-order valence-corrected chi connectivity index (χ4v) is 1.41. The summed E-state index contributed by atoms with van der Waals surface area (Å²) in [5.74, 6) is 5.96. The van der Waals surface area contributed by atoms with Gasteiger partial charge in [-0.05, 0) is 32.5 Å². The van der Waals surface area contributed by atoms with Crippen LogP contribution in [0.3, 0.4) is 0 Å². The lowest BCUT2D eigenvalue weighted by Crippen LogP contribution is -2.22. The zero-order valence-corrected chi connectivity index (χ0v) is 9.85. The predicted molar refractivity (Wildman–Crippen MR) is 64.7 cm³/mol. The minimum atomic E-state index is -0.257. The molecule has 0 aliphatic rings. The predicted octanol–water partition coefficient (Wildman–Crippen LogP) is 0.570. The third kappa shape index (κ3) is 4.57. The Hall–Kier alpha value is -1.17. The first-order chi connectivity index (χ1) is 7.61. The van der Waals surface area contributed by atoms with E-state index in [0.29, 0.717) is 5.82 Å². The molecule has 5 nitrogen and oxygen atoms in total. The number of hydrogen-bond donors (Lipinski definition) is 3. The fourth-order valence-electron chi connectivity index (χ4n) is 1.41. The highest BCUT2D eigenvalue weighted by atomic mass is 16.3. The molecule has 1 heterocycles. The first kappa shape index (κ1) is 12.9. The second-order valence-corrected chi connectivity index (χ2v) is 4.03. The van der Waals surface area contributed by atoms with Gasteiger partial charge in [-0.1, -0.05) is 6.07 Å². The zero-order valence-electron chi connectivity index (χ0n) is 9.85. The lowest BCUT2D eigenvalue weighted by Gasteiger charge is -2.17. The summed E-state index contributed by atoms with van der Waals surface area (Å²) < 4.78 is 0. The maximum Gasteiger partial charge on any atom is 0.140 e. The van der Waals surface area contributed by atoms with Crippen molar-refractivity contribution in [1.82, 2.24) is 9.88 Å². The van der Waals surface area contributed by atoms with Crippen molar-refractivity contribution >= 4 is 5.82 Å². The summed E-state index contributed by atoms with van der Waals surface area (Å²) in [6.07, 6.45) is 0.512. The molecule has 0 spiro atoms. The quantitative estimate of drug-likeness (QED) is 0.486. The molecule has 0 amide bonds. The molecular weight excluding hydrogens is 204 g/mol. The van der Waals surface area contributed by atoms with Crippen LogP contribution in [0.1, 0.15) is 19.0 Å². The number of nitrogen functional groups attached to an aromatic ring is 1. The number of anilines is 1. The largest absolute Gasteiger partial charge is 0.393 e. The van der Waals surface area contributed by atoms with Crippen LogP contribution < -0.4 is 11.3 Å². The SMILES string of the molecule is CC(O)CCN(C)Cc1cccc(NN)n1. The summed E-state index contributed by atoms with van der Waals surface area (Å²) in [6.45, 7) is 3.40. The smallest absolute Gasteiger partial charge is 0.140 e. The van der Waals surface area contributed by atoms with Crippen molar-refractivity contribution in [2.24, 2.45) is 5.84 Å². The van der Waals surface area contributed by atoms with Crippen LogP contribution in [-0.4, -0.2) is 34.7 Å². The van der Waals surface area contributed by atoms with Gasteiger partial charge in [-0.25, -0.2) is 10.8 Å². The van der Waals surface area contributed by atoms with Gasteiger partial charge in [0, 0.05) is 13.1 Å². The van der Waals surface area contributed by atoms with E-state index >= 15 is 0 Å². The number of nitrogens with zero attached hydrogens (tertiary/aromatic N) is 2. The number of hydrogen-bond acceptors (Lipinski definition) is 5. The molecule has 0 saturated heterocycles. The Kier molecular flexibility index (Phi) is 5.18. The van der Waals surface area contributed by atoms with Gasteiger partial charge in [0.1, 0.15) is 5.82 Å². The molecule has 0 aliphatic heterocycles. The molecule has 1 aromatic rings. The van der Waals surface area contributed by atoms with Gasteiger partial charge in [-0.3, -0.25) is 0 Å². The summed E-state index contributed by atoms with van der Waals surface area (Å²) in [5.41, 5.74) is 3.48. The Balaban J connectivity index is 2.45. The molecule has 0 fully saturated rings. The number of nitrogens with two attached hydrogens (primary N) is 1.